The molecule has 9 rings (SSSR count). The van der Waals surface area contributed by atoms with Gasteiger partial charge in [-0.15, -0.1) is 0 Å². The highest BCUT2D eigenvalue weighted by Gasteiger charge is 2.18. The Bertz CT molecular complexity index is 2420. The first-order valence-corrected chi connectivity index (χ1v) is 14.1. The molecule has 6 aromatic carbocycles. The highest BCUT2D eigenvalue weighted by atomic mass is 16.3. The van der Waals surface area contributed by atoms with E-state index in [0.717, 1.165) is 66.4 Å². The first-order chi connectivity index (χ1) is 20.8. The number of aromatic nitrogens is 3. The third-order valence-electron chi connectivity index (χ3n) is 8.21. The minimum Gasteiger partial charge on any atom is -0.454 e. The maximum Gasteiger partial charge on any atom is 0.160 e. The van der Waals surface area contributed by atoms with Crippen LogP contribution in [-0.2, 0) is 0 Å². The summed E-state index contributed by atoms with van der Waals surface area (Å²) >= 11 is 0. The molecule has 0 unspecified atom stereocenters. The minimum absolute atomic E-state index is 0.711. The molecule has 0 saturated carbocycles. The van der Waals surface area contributed by atoms with E-state index in [9.17, 15) is 0 Å². The Morgan fingerprint density at radius 3 is 1.93 bits per heavy atom. The fourth-order valence-electron chi connectivity index (χ4n) is 6.30. The van der Waals surface area contributed by atoms with Gasteiger partial charge >= 0.3 is 0 Å². The standard InChI is InChI=1S/C38H23N3O/c1-2-11-24(12-3-1)38-39-31-17-7-4-15-30(31)36(40-38)25-21-22-28-29-16-10-20-34(37(29)42-35(28)23-25)41-32-18-8-5-13-26(32)27-14-6-9-19-33(27)41/h1-23H. The molecule has 0 fully saturated rings. The Kier molecular flexibility index (Phi) is 4.87. The topological polar surface area (TPSA) is 43.9 Å². The van der Waals surface area contributed by atoms with E-state index in [2.05, 4.69) is 95.6 Å². The number of para-hydroxylation sites is 4. The fourth-order valence-corrected chi connectivity index (χ4v) is 6.30. The summed E-state index contributed by atoms with van der Waals surface area (Å²) in [4.78, 5) is 9.95. The zero-order valence-electron chi connectivity index (χ0n) is 22.5. The smallest absolute Gasteiger partial charge is 0.160 e. The summed E-state index contributed by atoms with van der Waals surface area (Å²) < 4.78 is 9.05. The molecule has 4 nitrogen and oxygen atoms in total. The lowest BCUT2D eigenvalue weighted by molar-refractivity contribution is 0.666. The van der Waals surface area contributed by atoms with Crippen LogP contribution in [0.5, 0.6) is 0 Å². The first kappa shape index (κ1) is 23.0. The van der Waals surface area contributed by atoms with Gasteiger partial charge in [-0.3, -0.25) is 0 Å². The van der Waals surface area contributed by atoms with Crippen molar-refractivity contribution in [2.24, 2.45) is 0 Å². The normalized spacial score (nSPS) is 11.8. The number of rotatable bonds is 3. The second kappa shape index (κ2) is 8.88. The molecule has 0 aliphatic carbocycles. The molecular formula is C38H23N3O. The molecule has 0 amide bonds. The van der Waals surface area contributed by atoms with Gasteiger partial charge in [-0.1, -0.05) is 103 Å². The summed E-state index contributed by atoms with van der Waals surface area (Å²) in [7, 11) is 0. The predicted molar refractivity (Wildman–Crippen MR) is 172 cm³/mol. The molecule has 0 saturated heterocycles. The van der Waals surface area contributed by atoms with Gasteiger partial charge in [0.05, 0.1) is 27.9 Å². The van der Waals surface area contributed by atoms with Gasteiger partial charge in [0.2, 0.25) is 0 Å². The third kappa shape index (κ3) is 3.36. The molecule has 0 aliphatic rings. The zero-order chi connectivity index (χ0) is 27.6. The average molecular weight is 538 g/mol. The highest BCUT2D eigenvalue weighted by molar-refractivity contribution is 6.13. The van der Waals surface area contributed by atoms with Gasteiger partial charge in [-0.05, 0) is 36.4 Å². The average Bonchev–Trinajstić information content (AvgIpc) is 3.60. The third-order valence-corrected chi connectivity index (χ3v) is 8.21. The molecule has 196 valence electrons. The monoisotopic (exact) mass is 537 g/mol. The van der Waals surface area contributed by atoms with Crippen LogP contribution >= 0.6 is 0 Å². The van der Waals surface area contributed by atoms with Crippen molar-refractivity contribution in [3.8, 4) is 28.3 Å². The Morgan fingerprint density at radius 1 is 0.476 bits per heavy atom. The number of furan rings is 1. The van der Waals surface area contributed by atoms with Crippen LogP contribution in [0, 0.1) is 0 Å². The van der Waals surface area contributed by atoms with Crippen LogP contribution in [0.2, 0.25) is 0 Å². The number of nitrogens with zero attached hydrogens (tertiary/aromatic N) is 3. The summed E-state index contributed by atoms with van der Waals surface area (Å²) in [5, 5.41) is 5.65. The van der Waals surface area contributed by atoms with Crippen LogP contribution in [-0.4, -0.2) is 14.5 Å². The zero-order valence-corrected chi connectivity index (χ0v) is 22.5. The van der Waals surface area contributed by atoms with Gasteiger partial charge in [0.15, 0.2) is 11.4 Å². The quantitative estimate of drug-likeness (QED) is 0.225. The van der Waals surface area contributed by atoms with E-state index in [4.69, 9.17) is 14.4 Å². The molecule has 3 aromatic heterocycles. The van der Waals surface area contributed by atoms with Crippen molar-refractivity contribution < 1.29 is 4.42 Å². The van der Waals surface area contributed by atoms with Gasteiger partial charge in [0, 0.05) is 38.1 Å². The minimum atomic E-state index is 0.711. The highest BCUT2D eigenvalue weighted by Crippen LogP contribution is 2.39. The van der Waals surface area contributed by atoms with Crippen molar-refractivity contribution >= 4 is 54.6 Å². The Balaban J connectivity index is 1.29. The van der Waals surface area contributed by atoms with Crippen molar-refractivity contribution in [1.82, 2.24) is 14.5 Å². The molecule has 0 radical (unpaired) electrons. The largest absolute Gasteiger partial charge is 0.454 e. The Morgan fingerprint density at radius 2 is 1.14 bits per heavy atom. The SMILES string of the molecule is c1ccc(-c2nc(-c3ccc4c(c3)oc3c(-n5c6ccccc6c6ccccc65)cccc34)c3ccccc3n2)cc1. The number of hydrogen-bond donors (Lipinski definition) is 0. The second-order valence-electron chi connectivity index (χ2n) is 10.6. The molecule has 3 heterocycles. The lowest BCUT2D eigenvalue weighted by Crippen LogP contribution is -1.94. The van der Waals surface area contributed by atoms with E-state index in [1.807, 2.05) is 48.5 Å². The lowest BCUT2D eigenvalue weighted by atomic mass is 10.0. The van der Waals surface area contributed by atoms with Gasteiger partial charge < -0.3 is 8.98 Å². The number of fused-ring (bicyclic) bond motifs is 7. The van der Waals surface area contributed by atoms with Gasteiger partial charge in [-0.2, -0.15) is 0 Å². The molecule has 0 N–H and O–H groups in total. The summed E-state index contributed by atoms with van der Waals surface area (Å²) in [5.74, 6) is 0.711. The summed E-state index contributed by atoms with van der Waals surface area (Å²) in [5.41, 5.74) is 8.85. The van der Waals surface area contributed by atoms with Crippen LogP contribution < -0.4 is 0 Å². The van der Waals surface area contributed by atoms with Crippen LogP contribution in [0.25, 0.3) is 83.0 Å². The molecule has 0 atom stereocenters. The van der Waals surface area contributed by atoms with E-state index >= 15 is 0 Å². The van der Waals surface area contributed by atoms with E-state index in [1.54, 1.807) is 0 Å². The van der Waals surface area contributed by atoms with E-state index in [0.29, 0.717) is 5.82 Å². The van der Waals surface area contributed by atoms with Gasteiger partial charge in [-0.25, -0.2) is 9.97 Å². The van der Waals surface area contributed by atoms with Crippen molar-refractivity contribution in [2.75, 3.05) is 0 Å². The number of hydrogen-bond acceptors (Lipinski definition) is 3. The molecule has 4 heteroatoms. The van der Waals surface area contributed by atoms with E-state index in [-0.39, 0.29) is 0 Å². The second-order valence-corrected chi connectivity index (χ2v) is 10.6. The Labute approximate surface area is 241 Å². The van der Waals surface area contributed by atoms with Crippen molar-refractivity contribution in [3.63, 3.8) is 0 Å². The predicted octanol–water partition coefficient (Wildman–Crippen LogP) is 9.96. The van der Waals surface area contributed by atoms with Gasteiger partial charge in [0.25, 0.3) is 0 Å². The van der Waals surface area contributed by atoms with Crippen molar-refractivity contribution in [2.45, 2.75) is 0 Å². The summed E-state index contributed by atoms with van der Waals surface area (Å²) in [6, 6.07) is 48.3. The van der Waals surface area contributed by atoms with Crippen LogP contribution in [0.3, 0.4) is 0 Å². The first-order valence-electron chi connectivity index (χ1n) is 14.1. The van der Waals surface area contributed by atoms with E-state index < -0.39 is 0 Å². The molecule has 9 aromatic rings. The molecule has 0 bridgehead atoms. The maximum atomic E-state index is 6.73. The van der Waals surface area contributed by atoms with Gasteiger partial charge in [0.1, 0.15) is 5.58 Å². The lowest BCUT2D eigenvalue weighted by Gasteiger charge is -2.09. The molecular weight excluding hydrogens is 514 g/mol. The Hall–Kier alpha value is -5.74. The summed E-state index contributed by atoms with van der Waals surface area (Å²) in [6.45, 7) is 0. The molecule has 0 aliphatic heterocycles. The van der Waals surface area contributed by atoms with Crippen LogP contribution in [0.4, 0.5) is 0 Å². The molecule has 42 heavy (non-hydrogen) atoms. The maximum absolute atomic E-state index is 6.73. The van der Waals surface area contributed by atoms with Crippen LogP contribution in [0.1, 0.15) is 0 Å². The van der Waals surface area contributed by atoms with E-state index in [1.165, 1.54) is 10.8 Å². The van der Waals surface area contributed by atoms with Crippen molar-refractivity contribution in [3.05, 3.63) is 140 Å². The summed E-state index contributed by atoms with van der Waals surface area (Å²) in [6.07, 6.45) is 0. The molecule has 0 spiro atoms. The fraction of sp³-hybridized carbons (Fsp3) is 0. The van der Waals surface area contributed by atoms with Crippen LogP contribution in [0.15, 0.2) is 144 Å². The van der Waals surface area contributed by atoms with Crippen molar-refractivity contribution in [1.29, 1.82) is 0 Å². The number of benzene rings is 6.